The van der Waals surface area contributed by atoms with Crippen LogP contribution in [0.25, 0.3) is 0 Å². The van der Waals surface area contributed by atoms with Gasteiger partial charge in [0.2, 0.25) is 5.95 Å². The van der Waals surface area contributed by atoms with Gasteiger partial charge in [-0.1, -0.05) is 6.07 Å². The number of halogens is 1. The number of likely N-dealkylation sites (N-methyl/N-ethyl adjacent to an activating group) is 1. The Morgan fingerprint density at radius 2 is 2.29 bits per heavy atom. The Hall–Kier alpha value is -1.16. The molecule has 0 aliphatic heterocycles. The molecule has 4 heteroatoms. The molecule has 14 heavy (non-hydrogen) atoms. The summed E-state index contributed by atoms with van der Waals surface area (Å²) in [5.41, 5.74) is 0. The summed E-state index contributed by atoms with van der Waals surface area (Å²) in [6.45, 7) is 4.14. The molecule has 0 aromatic carbocycles. The zero-order chi connectivity index (χ0) is 10.4. The van der Waals surface area contributed by atoms with Crippen molar-refractivity contribution in [2.75, 3.05) is 31.7 Å². The van der Waals surface area contributed by atoms with E-state index in [4.69, 9.17) is 4.74 Å². The fraction of sp³-hybridized carbons (Fsp3) is 0.500. The highest BCUT2D eigenvalue weighted by atomic mass is 19.1. The number of hydrogen-bond donors (Lipinski definition) is 0. The molecule has 0 saturated carbocycles. The van der Waals surface area contributed by atoms with Gasteiger partial charge in [-0.2, -0.15) is 4.39 Å². The fourth-order valence-electron chi connectivity index (χ4n) is 1.21. The Bertz CT molecular complexity index is 281. The van der Waals surface area contributed by atoms with Crippen molar-refractivity contribution in [2.24, 2.45) is 0 Å². The van der Waals surface area contributed by atoms with Crippen LogP contribution in [0.4, 0.5) is 10.2 Å². The van der Waals surface area contributed by atoms with E-state index >= 15 is 0 Å². The van der Waals surface area contributed by atoms with Crippen LogP contribution in [-0.2, 0) is 4.74 Å². The molecule has 0 spiro atoms. The topological polar surface area (TPSA) is 25.4 Å². The standard InChI is InChI=1S/C10H15FN2O/c1-3-13(7-8-14-2)10-6-4-5-9(11)12-10/h4-6H,3,7-8H2,1-2H3. The molecule has 0 amide bonds. The molecule has 0 saturated heterocycles. The molecule has 0 bridgehead atoms. The van der Waals surface area contributed by atoms with Gasteiger partial charge in [0.25, 0.3) is 0 Å². The maximum Gasteiger partial charge on any atom is 0.214 e. The number of anilines is 1. The van der Waals surface area contributed by atoms with Crippen LogP contribution in [0.3, 0.4) is 0 Å². The molecule has 0 aliphatic rings. The van der Waals surface area contributed by atoms with Gasteiger partial charge < -0.3 is 9.64 Å². The molecule has 1 heterocycles. The smallest absolute Gasteiger partial charge is 0.214 e. The second-order valence-electron chi connectivity index (χ2n) is 2.89. The maximum absolute atomic E-state index is 12.8. The minimum atomic E-state index is -0.446. The number of hydrogen-bond acceptors (Lipinski definition) is 3. The van der Waals surface area contributed by atoms with Crippen molar-refractivity contribution in [1.82, 2.24) is 4.98 Å². The second-order valence-corrected chi connectivity index (χ2v) is 2.89. The zero-order valence-corrected chi connectivity index (χ0v) is 8.53. The first kappa shape index (κ1) is 10.9. The van der Waals surface area contributed by atoms with E-state index in [0.29, 0.717) is 12.4 Å². The average Bonchev–Trinajstić information content (AvgIpc) is 2.19. The third kappa shape index (κ3) is 2.96. The van der Waals surface area contributed by atoms with E-state index in [1.54, 1.807) is 19.2 Å². The van der Waals surface area contributed by atoms with Gasteiger partial charge in [0.1, 0.15) is 5.82 Å². The van der Waals surface area contributed by atoms with Crippen molar-refractivity contribution in [3.05, 3.63) is 24.1 Å². The SMILES string of the molecule is CCN(CCOC)c1cccc(F)n1. The molecular formula is C10H15FN2O. The lowest BCUT2D eigenvalue weighted by atomic mass is 10.4. The lowest BCUT2D eigenvalue weighted by molar-refractivity contribution is 0.205. The molecule has 1 rings (SSSR count). The van der Waals surface area contributed by atoms with E-state index in [0.717, 1.165) is 13.1 Å². The summed E-state index contributed by atoms with van der Waals surface area (Å²) in [4.78, 5) is 5.77. The number of rotatable bonds is 5. The van der Waals surface area contributed by atoms with E-state index in [1.165, 1.54) is 6.07 Å². The van der Waals surface area contributed by atoms with Gasteiger partial charge in [-0.25, -0.2) is 4.98 Å². The Balaban J connectivity index is 2.68. The van der Waals surface area contributed by atoms with Gasteiger partial charge >= 0.3 is 0 Å². The van der Waals surface area contributed by atoms with Crippen molar-refractivity contribution < 1.29 is 9.13 Å². The van der Waals surface area contributed by atoms with Crippen LogP contribution in [0, 0.1) is 5.95 Å². The molecule has 0 radical (unpaired) electrons. The summed E-state index contributed by atoms with van der Waals surface area (Å²) < 4.78 is 17.8. The molecule has 0 fully saturated rings. The van der Waals surface area contributed by atoms with Crippen LogP contribution < -0.4 is 4.90 Å². The van der Waals surface area contributed by atoms with Crippen LogP contribution in [-0.4, -0.2) is 31.8 Å². The lowest BCUT2D eigenvalue weighted by Crippen LogP contribution is -2.27. The molecular weight excluding hydrogens is 183 g/mol. The normalized spacial score (nSPS) is 10.2. The first-order valence-corrected chi connectivity index (χ1v) is 4.64. The molecule has 0 aliphatic carbocycles. The van der Waals surface area contributed by atoms with Gasteiger partial charge in [-0.15, -0.1) is 0 Å². The van der Waals surface area contributed by atoms with Crippen molar-refractivity contribution in [3.63, 3.8) is 0 Å². The summed E-state index contributed by atoms with van der Waals surface area (Å²) in [5, 5.41) is 0. The summed E-state index contributed by atoms with van der Waals surface area (Å²) in [7, 11) is 1.65. The van der Waals surface area contributed by atoms with Crippen molar-refractivity contribution in [2.45, 2.75) is 6.92 Å². The van der Waals surface area contributed by atoms with Gasteiger partial charge in [0.05, 0.1) is 6.61 Å². The molecule has 1 aromatic heterocycles. The Morgan fingerprint density at radius 3 is 2.86 bits per heavy atom. The van der Waals surface area contributed by atoms with Crippen molar-refractivity contribution in [3.8, 4) is 0 Å². The minimum Gasteiger partial charge on any atom is -0.383 e. The van der Waals surface area contributed by atoms with Gasteiger partial charge in [-0.05, 0) is 19.1 Å². The number of pyridine rings is 1. The number of aromatic nitrogens is 1. The Kier molecular flexibility index (Phi) is 4.32. The van der Waals surface area contributed by atoms with Gasteiger partial charge in [0.15, 0.2) is 0 Å². The molecule has 0 unspecified atom stereocenters. The van der Waals surface area contributed by atoms with E-state index in [9.17, 15) is 4.39 Å². The van der Waals surface area contributed by atoms with Crippen LogP contribution in [0.15, 0.2) is 18.2 Å². The molecule has 0 N–H and O–H groups in total. The van der Waals surface area contributed by atoms with Crippen LogP contribution >= 0.6 is 0 Å². The summed E-state index contributed by atoms with van der Waals surface area (Å²) >= 11 is 0. The predicted octanol–water partition coefficient (Wildman–Crippen LogP) is 1.69. The number of ether oxygens (including phenoxy) is 1. The summed E-state index contributed by atoms with van der Waals surface area (Å²) in [6.07, 6.45) is 0. The molecule has 3 nitrogen and oxygen atoms in total. The second kappa shape index (κ2) is 5.54. The Labute approximate surface area is 83.5 Å². The molecule has 0 atom stereocenters. The van der Waals surface area contributed by atoms with Crippen LogP contribution in [0.2, 0.25) is 0 Å². The average molecular weight is 198 g/mol. The highest BCUT2D eigenvalue weighted by Crippen LogP contribution is 2.09. The maximum atomic E-state index is 12.8. The predicted molar refractivity (Wildman–Crippen MR) is 54.0 cm³/mol. The van der Waals surface area contributed by atoms with E-state index in [1.807, 2.05) is 11.8 Å². The van der Waals surface area contributed by atoms with E-state index in [2.05, 4.69) is 4.98 Å². The highest BCUT2D eigenvalue weighted by Gasteiger charge is 2.05. The number of nitrogens with zero attached hydrogens (tertiary/aromatic N) is 2. The fourth-order valence-corrected chi connectivity index (χ4v) is 1.21. The summed E-state index contributed by atoms with van der Waals surface area (Å²) in [5.74, 6) is 0.211. The molecule has 78 valence electrons. The van der Waals surface area contributed by atoms with Gasteiger partial charge in [-0.3, -0.25) is 0 Å². The van der Waals surface area contributed by atoms with Crippen LogP contribution in [0.5, 0.6) is 0 Å². The van der Waals surface area contributed by atoms with Gasteiger partial charge in [0, 0.05) is 20.2 Å². The quantitative estimate of drug-likeness (QED) is 0.673. The summed E-state index contributed by atoms with van der Waals surface area (Å²) in [6, 6.07) is 4.79. The first-order chi connectivity index (χ1) is 6.77. The van der Waals surface area contributed by atoms with E-state index < -0.39 is 5.95 Å². The van der Waals surface area contributed by atoms with Crippen molar-refractivity contribution >= 4 is 5.82 Å². The van der Waals surface area contributed by atoms with Crippen molar-refractivity contribution in [1.29, 1.82) is 0 Å². The minimum absolute atomic E-state index is 0.446. The van der Waals surface area contributed by atoms with E-state index in [-0.39, 0.29) is 0 Å². The third-order valence-corrected chi connectivity index (χ3v) is 1.97. The highest BCUT2D eigenvalue weighted by molar-refractivity contribution is 5.37. The molecule has 1 aromatic rings. The monoisotopic (exact) mass is 198 g/mol. The van der Waals surface area contributed by atoms with Crippen LogP contribution in [0.1, 0.15) is 6.92 Å². The lowest BCUT2D eigenvalue weighted by Gasteiger charge is -2.21. The number of methoxy groups -OCH3 is 1. The largest absolute Gasteiger partial charge is 0.383 e. The zero-order valence-electron chi connectivity index (χ0n) is 8.53. The first-order valence-electron chi connectivity index (χ1n) is 4.64. The Morgan fingerprint density at radius 1 is 1.50 bits per heavy atom. The third-order valence-electron chi connectivity index (χ3n) is 1.97.